The van der Waals surface area contributed by atoms with Crippen molar-refractivity contribution >= 4 is 46.7 Å². The second kappa shape index (κ2) is 12.1. The molecule has 0 saturated carbocycles. The first kappa shape index (κ1) is 24.5. The van der Waals surface area contributed by atoms with E-state index in [1.807, 2.05) is 7.05 Å². The number of piperidine rings is 1. The SMILES string of the molecule is CCc1cccc2c(CCNC(=NC)NC3CCN(CC(=O)NC)CC3)c[nH]c12.I. The molecule has 1 fully saturated rings. The number of amides is 1. The maximum Gasteiger partial charge on any atom is 0.233 e. The molecular formula is C22H35IN6O. The zero-order valence-corrected chi connectivity index (χ0v) is 20.6. The Morgan fingerprint density at radius 2 is 2.03 bits per heavy atom. The largest absolute Gasteiger partial charge is 0.361 e. The predicted molar refractivity (Wildman–Crippen MR) is 135 cm³/mol. The van der Waals surface area contributed by atoms with Gasteiger partial charge in [-0.1, -0.05) is 25.1 Å². The highest BCUT2D eigenvalue weighted by molar-refractivity contribution is 14.0. The summed E-state index contributed by atoms with van der Waals surface area (Å²) in [5, 5.41) is 11.0. The van der Waals surface area contributed by atoms with E-state index in [4.69, 9.17) is 0 Å². The van der Waals surface area contributed by atoms with Crippen molar-refractivity contribution in [3.05, 3.63) is 35.5 Å². The van der Waals surface area contributed by atoms with Gasteiger partial charge < -0.3 is 20.9 Å². The zero-order chi connectivity index (χ0) is 20.6. The standard InChI is InChI=1S/C22H34N6O.HI/c1-4-16-6-5-7-19-17(14-26-21(16)19)8-11-25-22(24-3)27-18-9-12-28(13-10-18)15-20(29)23-2;/h5-7,14,18,26H,4,8-13,15H2,1-3H3,(H,23,29)(H2,24,25,27);1H. The first-order chi connectivity index (χ1) is 14.1. The summed E-state index contributed by atoms with van der Waals surface area (Å²) in [5.74, 6) is 0.932. The minimum atomic E-state index is 0. The van der Waals surface area contributed by atoms with E-state index in [0.717, 1.165) is 51.3 Å². The summed E-state index contributed by atoms with van der Waals surface area (Å²) in [7, 11) is 3.50. The van der Waals surface area contributed by atoms with Gasteiger partial charge in [0, 0.05) is 56.9 Å². The lowest BCUT2D eigenvalue weighted by Gasteiger charge is -2.32. The van der Waals surface area contributed by atoms with Crippen LogP contribution in [0.3, 0.4) is 0 Å². The summed E-state index contributed by atoms with van der Waals surface area (Å²) in [6, 6.07) is 6.91. The van der Waals surface area contributed by atoms with Gasteiger partial charge in [0.1, 0.15) is 0 Å². The summed E-state index contributed by atoms with van der Waals surface area (Å²) >= 11 is 0. The minimum Gasteiger partial charge on any atom is -0.361 e. The Balaban J connectivity index is 0.00000320. The first-order valence-electron chi connectivity index (χ1n) is 10.6. The van der Waals surface area contributed by atoms with Crippen molar-refractivity contribution in [3.63, 3.8) is 0 Å². The molecule has 8 heteroatoms. The molecule has 1 amide bonds. The van der Waals surface area contributed by atoms with E-state index in [9.17, 15) is 4.79 Å². The quantitative estimate of drug-likeness (QED) is 0.254. The number of H-pyrrole nitrogens is 1. The maximum atomic E-state index is 11.5. The molecule has 4 N–H and O–H groups in total. The summed E-state index contributed by atoms with van der Waals surface area (Å²) in [6.07, 6.45) is 6.14. The number of aliphatic imine (C=N–C) groups is 1. The summed E-state index contributed by atoms with van der Waals surface area (Å²) in [6.45, 7) is 5.36. The Hall–Kier alpha value is -1.81. The molecule has 1 saturated heterocycles. The maximum absolute atomic E-state index is 11.5. The number of likely N-dealkylation sites (N-methyl/N-ethyl adjacent to an activating group) is 1. The van der Waals surface area contributed by atoms with Crippen LogP contribution in [-0.4, -0.2) is 68.1 Å². The number of benzene rings is 1. The molecule has 30 heavy (non-hydrogen) atoms. The average molecular weight is 526 g/mol. The molecule has 0 unspecified atom stereocenters. The normalized spacial score (nSPS) is 15.6. The number of para-hydroxylation sites is 1. The molecule has 1 aromatic carbocycles. The zero-order valence-electron chi connectivity index (χ0n) is 18.3. The van der Waals surface area contributed by atoms with Gasteiger partial charge in [-0.2, -0.15) is 0 Å². The summed E-state index contributed by atoms with van der Waals surface area (Å²) in [4.78, 5) is 21.5. The van der Waals surface area contributed by atoms with E-state index in [-0.39, 0.29) is 29.9 Å². The number of hydrogen-bond acceptors (Lipinski definition) is 3. The highest BCUT2D eigenvalue weighted by atomic mass is 127. The van der Waals surface area contributed by atoms with Crippen LogP contribution in [0.15, 0.2) is 29.4 Å². The molecule has 1 aliphatic heterocycles. The number of rotatable bonds is 7. The van der Waals surface area contributed by atoms with Crippen LogP contribution in [0.1, 0.15) is 30.9 Å². The molecule has 2 aromatic rings. The second-order valence-electron chi connectivity index (χ2n) is 7.62. The number of fused-ring (bicyclic) bond motifs is 1. The van der Waals surface area contributed by atoms with Crippen molar-refractivity contribution < 1.29 is 4.79 Å². The predicted octanol–water partition coefficient (Wildman–Crippen LogP) is 2.27. The van der Waals surface area contributed by atoms with Gasteiger partial charge in [0.25, 0.3) is 0 Å². The lowest BCUT2D eigenvalue weighted by molar-refractivity contribution is -0.122. The van der Waals surface area contributed by atoms with Crippen LogP contribution in [0.2, 0.25) is 0 Å². The lowest BCUT2D eigenvalue weighted by Crippen LogP contribution is -2.50. The molecule has 0 spiro atoms. The lowest BCUT2D eigenvalue weighted by atomic mass is 10.1. The number of guanidine groups is 1. The Morgan fingerprint density at radius 3 is 2.70 bits per heavy atom. The Kier molecular flexibility index (Phi) is 9.90. The van der Waals surface area contributed by atoms with Gasteiger partial charge in [-0.15, -0.1) is 24.0 Å². The molecular weight excluding hydrogens is 491 g/mol. The first-order valence-corrected chi connectivity index (χ1v) is 10.6. The van der Waals surface area contributed by atoms with Gasteiger partial charge in [0.2, 0.25) is 5.91 Å². The molecule has 7 nitrogen and oxygen atoms in total. The number of aromatic amines is 1. The number of aromatic nitrogens is 1. The van der Waals surface area contributed by atoms with Crippen LogP contribution < -0.4 is 16.0 Å². The van der Waals surface area contributed by atoms with Crippen LogP contribution in [0, 0.1) is 0 Å². The highest BCUT2D eigenvalue weighted by Gasteiger charge is 2.21. The van der Waals surface area contributed by atoms with E-state index in [1.54, 1.807) is 7.05 Å². The Bertz CT molecular complexity index is 841. The number of halogens is 1. The molecule has 0 aliphatic carbocycles. The molecule has 1 aliphatic rings. The number of carbonyl (C=O) groups is 1. The molecule has 3 rings (SSSR count). The van der Waals surface area contributed by atoms with Gasteiger partial charge in [0.05, 0.1) is 6.54 Å². The fourth-order valence-corrected chi connectivity index (χ4v) is 4.00. The van der Waals surface area contributed by atoms with Crippen molar-refractivity contribution in [2.45, 2.75) is 38.6 Å². The van der Waals surface area contributed by atoms with Crippen LogP contribution in [0.25, 0.3) is 10.9 Å². The number of aryl methyl sites for hydroxylation is 1. The number of carbonyl (C=O) groups excluding carboxylic acids is 1. The Morgan fingerprint density at radius 1 is 1.27 bits per heavy atom. The van der Waals surface area contributed by atoms with Crippen molar-refractivity contribution in [1.82, 2.24) is 25.8 Å². The van der Waals surface area contributed by atoms with Crippen molar-refractivity contribution in [2.75, 3.05) is 40.3 Å². The number of hydrogen-bond donors (Lipinski definition) is 4. The monoisotopic (exact) mass is 526 g/mol. The third-order valence-corrected chi connectivity index (χ3v) is 5.75. The average Bonchev–Trinajstić information content (AvgIpc) is 3.17. The second-order valence-corrected chi connectivity index (χ2v) is 7.62. The third-order valence-electron chi connectivity index (χ3n) is 5.75. The minimum absolute atomic E-state index is 0. The van der Waals surface area contributed by atoms with Crippen LogP contribution in [-0.2, 0) is 17.6 Å². The number of nitrogens with one attached hydrogen (secondary N) is 4. The number of nitrogens with zero attached hydrogens (tertiary/aromatic N) is 2. The van der Waals surface area contributed by atoms with Crippen LogP contribution in [0.5, 0.6) is 0 Å². The topological polar surface area (TPSA) is 84.6 Å². The van der Waals surface area contributed by atoms with Gasteiger partial charge >= 0.3 is 0 Å². The van der Waals surface area contributed by atoms with E-state index in [0.29, 0.717) is 12.6 Å². The van der Waals surface area contributed by atoms with Crippen LogP contribution in [0.4, 0.5) is 0 Å². The molecule has 0 radical (unpaired) electrons. The fourth-order valence-electron chi connectivity index (χ4n) is 4.00. The third kappa shape index (κ3) is 6.34. The Labute approximate surface area is 196 Å². The molecule has 166 valence electrons. The van der Waals surface area contributed by atoms with Crippen molar-refractivity contribution in [2.24, 2.45) is 4.99 Å². The molecule has 0 atom stereocenters. The van der Waals surface area contributed by atoms with Crippen molar-refractivity contribution in [3.8, 4) is 0 Å². The van der Waals surface area contributed by atoms with E-state index < -0.39 is 0 Å². The highest BCUT2D eigenvalue weighted by Crippen LogP contribution is 2.22. The van der Waals surface area contributed by atoms with Crippen molar-refractivity contribution in [1.29, 1.82) is 0 Å². The molecule has 0 bridgehead atoms. The van der Waals surface area contributed by atoms with Gasteiger partial charge in [0.15, 0.2) is 5.96 Å². The van der Waals surface area contributed by atoms with E-state index in [1.165, 1.54) is 22.0 Å². The van der Waals surface area contributed by atoms with Gasteiger partial charge in [-0.3, -0.25) is 14.7 Å². The van der Waals surface area contributed by atoms with E-state index in [2.05, 4.69) is 62.1 Å². The van der Waals surface area contributed by atoms with Gasteiger partial charge in [-0.25, -0.2) is 0 Å². The molecule has 1 aromatic heterocycles. The smallest absolute Gasteiger partial charge is 0.233 e. The summed E-state index contributed by atoms with van der Waals surface area (Å²) < 4.78 is 0. The number of likely N-dealkylation sites (tertiary alicyclic amines) is 1. The van der Waals surface area contributed by atoms with Crippen LogP contribution >= 0.6 is 24.0 Å². The fraction of sp³-hybridized carbons (Fsp3) is 0.545. The van der Waals surface area contributed by atoms with Gasteiger partial charge in [-0.05, 0) is 36.8 Å². The summed E-state index contributed by atoms with van der Waals surface area (Å²) in [5.41, 5.74) is 3.96. The van der Waals surface area contributed by atoms with E-state index >= 15 is 0 Å². The molecule has 2 heterocycles.